The smallest absolute Gasteiger partial charge is 0.136 e. The van der Waals surface area contributed by atoms with Crippen molar-refractivity contribution in [3.05, 3.63) is 170 Å². The predicted molar refractivity (Wildman–Crippen MR) is 213 cm³/mol. The maximum absolute atomic E-state index is 6.26. The second-order valence-corrected chi connectivity index (χ2v) is 14.0. The second kappa shape index (κ2) is 10.6. The molecule has 4 heteroatoms. The molecule has 0 unspecified atom stereocenters. The topological polar surface area (TPSA) is 21.3 Å². The summed E-state index contributed by atoms with van der Waals surface area (Å²) in [5.41, 5.74) is 8.72. The van der Waals surface area contributed by atoms with E-state index in [-0.39, 0.29) is 0 Å². The van der Waals surface area contributed by atoms with Crippen molar-refractivity contribution < 1.29 is 4.42 Å². The molecule has 0 amide bonds. The summed E-state index contributed by atoms with van der Waals surface area (Å²) >= 11 is 1.86. The fourth-order valence-corrected chi connectivity index (χ4v) is 9.06. The number of hydrogen-bond acceptors (Lipinski definition) is 3. The Morgan fingerprint density at radius 2 is 1.16 bits per heavy atom. The van der Waals surface area contributed by atoms with E-state index in [2.05, 4.69) is 167 Å². The van der Waals surface area contributed by atoms with E-state index in [4.69, 9.17) is 4.42 Å². The van der Waals surface area contributed by atoms with E-state index in [0.717, 1.165) is 50.1 Å². The standard InChI is InChI=1S/C46H28N2OS/c1-2-11-31(12-3-1)48-39-16-7-4-15-37(39)46-40(17-10-18-41(46)48)47(33-23-24-36-35-14-6-9-20-44(35)50-45(36)28-33)32-22-21-29-27-43-38(26-30(29)25-32)34-13-5-8-19-42(34)49-43/h1-28H. The lowest BCUT2D eigenvalue weighted by molar-refractivity contribution is 0.669. The minimum absolute atomic E-state index is 0.914. The first-order valence-electron chi connectivity index (χ1n) is 16.9. The number of thiophene rings is 1. The van der Waals surface area contributed by atoms with Crippen molar-refractivity contribution in [1.82, 2.24) is 4.57 Å². The Morgan fingerprint density at radius 1 is 0.440 bits per heavy atom. The summed E-state index contributed by atoms with van der Waals surface area (Å²) in [7, 11) is 0. The van der Waals surface area contributed by atoms with Crippen molar-refractivity contribution in [3.8, 4) is 5.69 Å². The maximum Gasteiger partial charge on any atom is 0.136 e. The molecule has 8 aromatic carbocycles. The fourth-order valence-electron chi connectivity index (χ4n) is 7.92. The molecule has 0 aliphatic heterocycles. The molecule has 0 aliphatic carbocycles. The van der Waals surface area contributed by atoms with E-state index < -0.39 is 0 Å². The van der Waals surface area contributed by atoms with Crippen LogP contribution >= 0.6 is 11.3 Å². The van der Waals surface area contributed by atoms with Crippen LogP contribution in [0.25, 0.3) is 80.4 Å². The van der Waals surface area contributed by atoms with E-state index in [1.54, 1.807) is 0 Å². The molecular formula is C46H28N2OS. The van der Waals surface area contributed by atoms with Gasteiger partial charge in [0.25, 0.3) is 0 Å². The van der Waals surface area contributed by atoms with E-state index in [0.29, 0.717) is 0 Å². The van der Waals surface area contributed by atoms with E-state index in [1.807, 2.05) is 23.5 Å². The fraction of sp³-hybridized carbons (Fsp3) is 0. The Balaban J connectivity index is 1.21. The van der Waals surface area contributed by atoms with E-state index in [1.165, 1.54) is 47.4 Å². The Bertz CT molecular complexity index is 3110. The molecule has 3 heterocycles. The highest BCUT2D eigenvalue weighted by Crippen LogP contribution is 2.46. The van der Waals surface area contributed by atoms with Crippen LogP contribution in [-0.4, -0.2) is 4.57 Å². The lowest BCUT2D eigenvalue weighted by Gasteiger charge is -2.27. The van der Waals surface area contributed by atoms with Gasteiger partial charge in [-0.3, -0.25) is 0 Å². The van der Waals surface area contributed by atoms with Crippen molar-refractivity contribution >= 4 is 103 Å². The van der Waals surface area contributed by atoms with Crippen LogP contribution in [0.3, 0.4) is 0 Å². The molecule has 0 spiro atoms. The van der Waals surface area contributed by atoms with Gasteiger partial charge in [0.05, 0.1) is 16.7 Å². The lowest BCUT2D eigenvalue weighted by atomic mass is 10.0. The lowest BCUT2D eigenvalue weighted by Crippen LogP contribution is -2.10. The average Bonchev–Trinajstić information content (AvgIpc) is 3.83. The normalized spacial score (nSPS) is 12.0. The third-order valence-electron chi connectivity index (χ3n) is 10.1. The van der Waals surface area contributed by atoms with Gasteiger partial charge in [0, 0.05) is 58.8 Å². The second-order valence-electron chi connectivity index (χ2n) is 13.0. The van der Waals surface area contributed by atoms with Gasteiger partial charge >= 0.3 is 0 Å². The number of anilines is 3. The molecule has 50 heavy (non-hydrogen) atoms. The first kappa shape index (κ1) is 27.6. The van der Waals surface area contributed by atoms with Gasteiger partial charge in [-0.2, -0.15) is 0 Å². The summed E-state index contributed by atoms with van der Waals surface area (Å²) in [4.78, 5) is 2.45. The highest BCUT2D eigenvalue weighted by atomic mass is 32.1. The van der Waals surface area contributed by atoms with Crippen molar-refractivity contribution in [2.45, 2.75) is 0 Å². The van der Waals surface area contributed by atoms with Crippen LogP contribution in [0.2, 0.25) is 0 Å². The molecular weight excluding hydrogens is 629 g/mol. The first-order chi connectivity index (χ1) is 24.8. The maximum atomic E-state index is 6.26. The van der Waals surface area contributed by atoms with Crippen LogP contribution in [0.5, 0.6) is 0 Å². The molecule has 0 aliphatic rings. The van der Waals surface area contributed by atoms with Crippen molar-refractivity contribution in [3.63, 3.8) is 0 Å². The van der Waals surface area contributed by atoms with Gasteiger partial charge in [0.1, 0.15) is 11.2 Å². The minimum atomic E-state index is 0.914. The number of hydrogen-bond donors (Lipinski definition) is 0. The molecule has 0 fully saturated rings. The largest absolute Gasteiger partial charge is 0.456 e. The molecule has 0 saturated heterocycles. The van der Waals surface area contributed by atoms with Crippen LogP contribution in [0.15, 0.2) is 174 Å². The molecule has 3 nitrogen and oxygen atoms in total. The summed E-state index contributed by atoms with van der Waals surface area (Å²) < 4.78 is 11.2. The average molecular weight is 657 g/mol. The van der Waals surface area contributed by atoms with Gasteiger partial charge in [0.2, 0.25) is 0 Å². The summed E-state index contributed by atoms with van der Waals surface area (Å²) in [5.74, 6) is 0. The van der Waals surface area contributed by atoms with E-state index in [9.17, 15) is 0 Å². The van der Waals surface area contributed by atoms with Gasteiger partial charge in [-0.1, -0.05) is 91.0 Å². The number of benzene rings is 8. The van der Waals surface area contributed by atoms with Crippen molar-refractivity contribution in [2.24, 2.45) is 0 Å². The predicted octanol–water partition coefficient (Wildman–Crippen LogP) is 13.7. The first-order valence-corrected chi connectivity index (χ1v) is 17.7. The number of furan rings is 1. The molecule has 3 aromatic heterocycles. The van der Waals surface area contributed by atoms with Crippen LogP contribution in [0.1, 0.15) is 0 Å². The molecule has 11 aromatic rings. The number of para-hydroxylation sites is 3. The zero-order valence-electron chi connectivity index (χ0n) is 26.9. The monoisotopic (exact) mass is 656 g/mol. The Hall–Kier alpha value is -6.36. The van der Waals surface area contributed by atoms with Gasteiger partial charge in [-0.15, -0.1) is 11.3 Å². The zero-order valence-corrected chi connectivity index (χ0v) is 27.7. The summed E-state index contributed by atoms with van der Waals surface area (Å²) in [6.07, 6.45) is 0. The molecule has 0 bridgehead atoms. The van der Waals surface area contributed by atoms with Crippen LogP contribution < -0.4 is 4.90 Å². The third-order valence-corrected chi connectivity index (χ3v) is 11.3. The molecule has 0 atom stereocenters. The zero-order chi connectivity index (χ0) is 32.8. The van der Waals surface area contributed by atoms with Gasteiger partial charge in [0.15, 0.2) is 0 Å². The van der Waals surface area contributed by atoms with Crippen LogP contribution in [0.4, 0.5) is 17.1 Å². The summed E-state index contributed by atoms with van der Waals surface area (Å²) in [6.45, 7) is 0. The molecule has 0 N–H and O–H groups in total. The molecule has 0 saturated carbocycles. The molecule has 0 radical (unpaired) electrons. The van der Waals surface area contributed by atoms with Crippen molar-refractivity contribution in [2.75, 3.05) is 4.90 Å². The highest BCUT2D eigenvalue weighted by molar-refractivity contribution is 7.25. The van der Waals surface area contributed by atoms with E-state index >= 15 is 0 Å². The highest BCUT2D eigenvalue weighted by Gasteiger charge is 2.22. The van der Waals surface area contributed by atoms with Crippen LogP contribution in [0, 0.1) is 0 Å². The Labute approximate surface area is 291 Å². The summed E-state index contributed by atoms with van der Waals surface area (Å²) in [6, 6.07) is 61.4. The Kier molecular flexibility index (Phi) is 5.83. The molecule has 11 rings (SSSR count). The number of rotatable bonds is 4. The Morgan fingerprint density at radius 3 is 2.08 bits per heavy atom. The van der Waals surface area contributed by atoms with Gasteiger partial charge in [-0.25, -0.2) is 0 Å². The number of fused-ring (bicyclic) bond motifs is 10. The SMILES string of the molecule is c1ccc(-n2c3ccccc3c3c(N(c4ccc5cc6oc7ccccc7c6cc5c4)c4ccc5c(c4)sc4ccccc45)cccc32)cc1. The third kappa shape index (κ3) is 4.03. The minimum Gasteiger partial charge on any atom is -0.456 e. The number of nitrogens with zero attached hydrogens (tertiary/aromatic N) is 2. The quantitative estimate of drug-likeness (QED) is 0.188. The van der Waals surface area contributed by atoms with Gasteiger partial charge in [-0.05, 0) is 89.6 Å². The van der Waals surface area contributed by atoms with Crippen molar-refractivity contribution in [1.29, 1.82) is 0 Å². The summed E-state index contributed by atoms with van der Waals surface area (Å²) in [5, 5.41) is 9.65. The molecule has 234 valence electrons. The van der Waals surface area contributed by atoms with Gasteiger partial charge < -0.3 is 13.9 Å². The van der Waals surface area contributed by atoms with Crippen LogP contribution in [-0.2, 0) is 0 Å². The number of aromatic nitrogens is 1.